The van der Waals surface area contributed by atoms with Crippen LogP contribution in [0.25, 0.3) is 11.3 Å². The third-order valence-corrected chi connectivity index (χ3v) is 13.1. The van der Waals surface area contributed by atoms with E-state index in [-0.39, 0.29) is 30.0 Å². The molecule has 1 saturated heterocycles. The lowest BCUT2D eigenvalue weighted by atomic mass is 9.89. The highest BCUT2D eigenvalue weighted by Crippen LogP contribution is 2.37. The number of alkyl halides is 2. The van der Waals surface area contributed by atoms with Crippen LogP contribution in [0.5, 0.6) is 5.75 Å². The summed E-state index contributed by atoms with van der Waals surface area (Å²) < 4.78 is 41.3. The fourth-order valence-electron chi connectivity index (χ4n) is 9.23. The summed E-state index contributed by atoms with van der Waals surface area (Å²) in [6, 6.07) is 30.5. The van der Waals surface area contributed by atoms with Crippen LogP contribution >= 0.6 is 0 Å². The first-order chi connectivity index (χ1) is 31.5. The first kappa shape index (κ1) is 43.6. The molecule has 0 radical (unpaired) electrons. The van der Waals surface area contributed by atoms with Gasteiger partial charge in [0.25, 0.3) is 11.8 Å². The Bertz CT molecular complexity index is 2690. The summed E-state index contributed by atoms with van der Waals surface area (Å²) in [7, 11) is 1.86. The average molecular weight is 882 g/mol. The number of carbonyl (C=O) groups is 3. The Balaban J connectivity index is 1.01. The summed E-state index contributed by atoms with van der Waals surface area (Å²) in [5, 5.41) is 3.82. The fourth-order valence-corrected chi connectivity index (χ4v) is 9.23. The number of hydrogen-bond acceptors (Lipinski definition) is 7. The number of carbonyl (C=O) groups excluding carboxylic acids is 3. The van der Waals surface area contributed by atoms with E-state index in [9.17, 15) is 18.4 Å². The fraction of sp³-hybridized carbons (Fsp3) is 0.333. The molecule has 9 rings (SSSR count). The number of ether oxygens (including phenoxy) is 2. The SMILES string of the molecule is Cc1c(C(=O)N(c2ccccc2)c2cnn(C(F)F)c2)cc(-c2cc3c(cc2C(=O)N2Cc4ccccc4CC2C)CN(C(=O)Cc2ccc(OCCN4CCOCC4)cc2)CC3)n1C. The van der Waals surface area contributed by atoms with Gasteiger partial charge in [-0.15, -0.1) is 0 Å². The lowest BCUT2D eigenvalue weighted by Gasteiger charge is -2.36. The molecule has 14 heteroatoms. The normalized spacial score (nSPS) is 16.3. The molecular weight excluding hydrogens is 829 g/mol. The van der Waals surface area contributed by atoms with E-state index in [0.717, 1.165) is 67.0 Å². The van der Waals surface area contributed by atoms with Crippen LogP contribution in [0.4, 0.5) is 20.2 Å². The van der Waals surface area contributed by atoms with E-state index in [1.54, 1.807) is 30.3 Å². The molecule has 6 aromatic rings. The number of halogens is 2. The average Bonchev–Trinajstić information content (AvgIpc) is 3.93. The minimum atomic E-state index is -2.88. The second-order valence-corrected chi connectivity index (χ2v) is 17.1. The van der Waals surface area contributed by atoms with Crippen molar-refractivity contribution >= 4 is 29.1 Å². The van der Waals surface area contributed by atoms with Crippen LogP contribution in [0.1, 0.15) is 67.7 Å². The van der Waals surface area contributed by atoms with Gasteiger partial charge in [-0.05, 0) is 97.0 Å². The van der Waals surface area contributed by atoms with Gasteiger partial charge in [0.05, 0.1) is 43.3 Å². The van der Waals surface area contributed by atoms with Crippen molar-refractivity contribution in [2.24, 2.45) is 7.05 Å². The monoisotopic (exact) mass is 881 g/mol. The van der Waals surface area contributed by atoms with Gasteiger partial charge < -0.3 is 23.8 Å². The van der Waals surface area contributed by atoms with Gasteiger partial charge in [-0.2, -0.15) is 13.9 Å². The third kappa shape index (κ3) is 9.18. The molecule has 0 N–H and O–H groups in total. The van der Waals surface area contributed by atoms with Gasteiger partial charge in [0.15, 0.2) is 0 Å². The highest BCUT2D eigenvalue weighted by molar-refractivity contribution is 6.12. The quantitative estimate of drug-likeness (QED) is 0.123. The van der Waals surface area contributed by atoms with Crippen LogP contribution in [0.3, 0.4) is 0 Å². The van der Waals surface area contributed by atoms with Crippen molar-refractivity contribution in [2.45, 2.75) is 58.8 Å². The number of benzene rings is 4. The molecule has 0 spiro atoms. The minimum absolute atomic E-state index is 0.00174. The second kappa shape index (κ2) is 18.8. The lowest BCUT2D eigenvalue weighted by Crippen LogP contribution is -2.43. The maximum Gasteiger partial charge on any atom is 0.333 e. The van der Waals surface area contributed by atoms with Crippen LogP contribution in [-0.2, 0) is 48.9 Å². The molecule has 65 heavy (non-hydrogen) atoms. The van der Waals surface area contributed by atoms with Crippen LogP contribution in [0, 0.1) is 6.92 Å². The summed E-state index contributed by atoms with van der Waals surface area (Å²) in [6.45, 7) is 7.06. The summed E-state index contributed by atoms with van der Waals surface area (Å²) >= 11 is 0. The highest BCUT2D eigenvalue weighted by Gasteiger charge is 2.33. The predicted molar refractivity (Wildman–Crippen MR) is 243 cm³/mol. The highest BCUT2D eigenvalue weighted by atomic mass is 19.3. The second-order valence-electron chi connectivity index (χ2n) is 17.1. The van der Waals surface area contributed by atoms with E-state index < -0.39 is 12.5 Å². The van der Waals surface area contributed by atoms with Crippen molar-refractivity contribution in [2.75, 3.05) is 50.9 Å². The molecule has 3 aliphatic rings. The Morgan fingerprint density at radius 3 is 2.32 bits per heavy atom. The maximum atomic E-state index is 15.1. The van der Waals surface area contributed by atoms with Crippen LogP contribution < -0.4 is 9.64 Å². The van der Waals surface area contributed by atoms with E-state index in [4.69, 9.17) is 9.47 Å². The number of anilines is 2. The Kier molecular flexibility index (Phi) is 12.6. The third-order valence-electron chi connectivity index (χ3n) is 13.1. The number of aromatic nitrogens is 3. The predicted octanol–water partition coefficient (Wildman–Crippen LogP) is 8.00. The van der Waals surface area contributed by atoms with Gasteiger partial charge in [-0.1, -0.05) is 54.6 Å². The molecule has 2 aromatic heterocycles. The van der Waals surface area contributed by atoms with E-state index in [1.807, 2.05) is 76.9 Å². The number of fused-ring (bicyclic) bond motifs is 2. The van der Waals surface area contributed by atoms with Crippen molar-refractivity contribution in [1.29, 1.82) is 0 Å². The zero-order valence-corrected chi connectivity index (χ0v) is 37.0. The largest absolute Gasteiger partial charge is 0.492 e. The molecule has 1 unspecified atom stereocenters. The molecule has 336 valence electrons. The number of rotatable bonds is 12. The lowest BCUT2D eigenvalue weighted by molar-refractivity contribution is -0.131. The molecule has 5 heterocycles. The summed E-state index contributed by atoms with van der Waals surface area (Å²) in [6.07, 6.45) is 3.94. The number of nitrogens with zero attached hydrogens (tertiary/aromatic N) is 7. The molecular formula is C51H53F2N7O5. The van der Waals surface area contributed by atoms with Crippen molar-refractivity contribution < 1.29 is 32.6 Å². The van der Waals surface area contributed by atoms with Crippen LogP contribution in [0.15, 0.2) is 109 Å². The molecule has 1 fully saturated rings. The molecule has 0 aliphatic carbocycles. The van der Waals surface area contributed by atoms with Gasteiger partial charge in [0.1, 0.15) is 12.4 Å². The number of para-hydroxylation sites is 1. The zero-order chi connectivity index (χ0) is 45.2. The zero-order valence-electron chi connectivity index (χ0n) is 37.0. The molecule has 0 saturated carbocycles. The molecule has 0 bridgehead atoms. The smallest absolute Gasteiger partial charge is 0.333 e. The Hall–Kier alpha value is -6.64. The van der Waals surface area contributed by atoms with Gasteiger partial charge >= 0.3 is 6.55 Å². The van der Waals surface area contributed by atoms with Crippen molar-refractivity contribution in [3.05, 3.63) is 154 Å². The Morgan fingerprint density at radius 1 is 0.846 bits per heavy atom. The number of morpholine rings is 1. The van der Waals surface area contributed by atoms with Crippen molar-refractivity contribution in [3.8, 4) is 17.0 Å². The first-order valence-corrected chi connectivity index (χ1v) is 22.2. The molecule has 1 atom stereocenters. The summed E-state index contributed by atoms with van der Waals surface area (Å²) in [5.41, 5.74) is 8.60. The van der Waals surface area contributed by atoms with Crippen LogP contribution in [0.2, 0.25) is 0 Å². The minimum Gasteiger partial charge on any atom is -0.492 e. The van der Waals surface area contributed by atoms with Gasteiger partial charge in [0, 0.05) is 80.6 Å². The van der Waals surface area contributed by atoms with E-state index in [1.165, 1.54) is 16.7 Å². The molecule has 4 aromatic carbocycles. The number of hydrogen-bond donors (Lipinski definition) is 0. The summed E-state index contributed by atoms with van der Waals surface area (Å²) in [4.78, 5) is 51.2. The molecule has 3 amide bonds. The maximum absolute atomic E-state index is 15.1. The first-order valence-electron chi connectivity index (χ1n) is 22.2. The van der Waals surface area contributed by atoms with Gasteiger partial charge in [-0.3, -0.25) is 24.2 Å². The van der Waals surface area contributed by atoms with E-state index in [0.29, 0.717) is 77.5 Å². The topological polar surface area (TPSA) is 105 Å². The summed E-state index contributed by atoms with van der Waals surface area (Å²) in [5.74, 6) is 0.188. The Labute approximate surface area is 377 Å². The molecule has 3 aliphatic heterocycles. The Morgan fingerprint density at radius 2 is 1.58 bits per heavy atom. The standard InChI is InChI=1S/C51H53F2N7O5/c1-34-25-37-9-7-8-10-39(37)32-58(34)49(62)46-28-40-31-57(48(61)26-36-13-15-43(16-14-36)65-24-21-56-19-22-64-23-20-56)18-17-38(40)27-45(46)47-29-44(35(2)55(47)3)50(63)60(41-11-5-4-6-12-41)42-30-54-59(33-42)51(52)53/h4-16,27-30,33-34,51H,17-26,31-32H2,1-3H3. The van der Waals surface area contributed by atoms with Crippen molar-refractivity contribution in [3.63, 3.8) is 0 Å². The van der Waals surface area contributed by atoms with Crippen molar-refractivity contribution in [1.82, 2.24) is 29.0 Å². The molecule has 12 nitrogen and oxygen atoms in total. The van der Waals surface area contributed by atoms with E-state index in [2.05, 4.69) is 35.1 Å². The van der Waals surface area contributed by atoms with Gasteiger partial charge in [-0.25, -0.2) is 4.68 Å². The van der Waals surface area contributed by atoms with E-state index >= 15 is 4.79 Å². The number of amides is 3. The van der Waals surface area contributed by atoms with Gasteiger partial charge in [0.2, 0.25) is 5.91 Å². The van der Waals surface area contributed by atoms with Crippen LogP contribution in [-0.4, -0.2) is 98.8 Å².